The molecule has 12 heteroatoms. The predicted molar refractivity (Wildman–Crippen MR) is 98.0 cm³/mol. The molecule has 7 nitrogen and oxygen atoms in total. The molecule has 160 valence electrons. The molecule has 1 fully saturated rings. The van der Waals surface area contributed by atoms with Gasteiger partial charge in [0.1, 0.15) is 11.4 Å². The number of carbonyl (C=O) groups is 2. The van der Waals surface area contributed by atoms with Crippen LogP contribution in [-0.2, 0) is 11.0 Å². The summed E-state index contributed by atoms with van der Waals surface area (Å²) in [6.07, 6.45) is -2.95. The van der Waals surface area contributed by atoms with Crippen molar-refractivity contribution in [2.75, 3.05) is 13.1 Å². The molecule has 3 amide bonds. The molecule has 0 radical (unpaired) electrons. The first kappa shape index (κ1) is 21.8. The highest BCUT2D eigenvalue weighted by Crippen LogP contribution is 2.41. The maximum absolute atomic E-state index is 13.7. The Hall–Kier alpha value is -2.95. The first-order chi connectivity index (χ1) is 14.0. The van der Waals surface area contributed by atoms with Gasteiger partial charge in [0, 0.05) is 31.4 Å². The number of piperazine rings is 1. The number of hydrogen-bond donors (Lipinski definition) is 2. The highest BCUT2D eigenvalue weighted by atomic mass is 35.5. The number of rotatable bonds is 3. The van der Waals surface area contributed by atoms with E-state index in [2.05, 4.69) is 15.3 Å². The van der Waals surface area contributed by atoms with E-state index >= 15 is 0 Å². The Morgan fingerprint density at radius 3 is 2.47 bits per heavy atom. The largest absolute Gasteiger partial charge is 0.451 e. The molecule has 1 saturated heterocycles. The minimum absolute atomic E-state index is 0.0600. The van der Waals surface area contributed by atoms with Gasteiger partial charge in [-0.15, -0.1) is 0 Å². The lowest BCUT2D eigenvalue weighted by atomic mass is 9.74. The zero-order chi connectivity index (χ0) is 22.3. The van der Waals surface area contributed by atoms with Gasteiger partial charge in [-0.2, -0.15) is 13.2 Å². The van der Waals surface area contributed by atoms with Crippen molar-refractivity contribution in [3.05, 3.63) is 58.4 Å². The van der Waals surface area contributed by atoms with E-state index in [1.807, 2.05) is 0 Å². The molecule has 1 aliphatic heterocycles. The molecular formula is C18H16ClF4N5O2. The summed E-state index contributed by atoms with van der Waals surface area (Å²) in [5.74, 6) is -3.79. The molecule has 2 heterocycles. The third-order valence-corrected chi connectivity index (χ3v) is 5.29. The summed E-state index contributed by atoms with van der Waals surface area (Å²) in [6.45, 7) is 1.61. The fourth-order valence-corrected chi connectivity index (χ4v) is 3.80. The van der Waals surface area contributed by atoms with Crippen LogP contribution in [-0.4, -0.2) is 45.4 Å². The lowest BCUT2D eigenvalue weighted by molar-refractivity contribution is -0.145. The van der Waals surface area contributed by atoms with Crippen LogP contribution in [0.4, 0.5) is 22.4 Å². The molecule has 3 rings (SSSR count). The van der Waals surface area contributed by atoms with E-state index in [1.54, 1.807) is 0 Å². The van der Waals surface area contributed by atoms with Crippen molar-refractivity contribution < 1.29 is 27.2 Å². The van der Waals surface area contributed by atoms with Crippen LogP contribution in [0.25, 0.3) is 0 Å². The van der Waals surface area contributed by atoms with Crippen molar-refractivity contribution in [3.8, 4) is 0 Å². The van der Waals surface area contributed by atoms with E-state index in [0.29, 0.717) is 0 Å². The summed E-state index contributed by atoms with van der Waals surface area (Å²) in [4.78, 5) is 32.8. The number of alkyl halides is 3. The second-order valence-electron chi connectivity index (χ2n) is 6.84. The van der Waals surface area contributed by atoms with Gasteiger partial charge in [-0.25, -0.2) is 19.2 Å². The van der Waals surface area contributed by atoms with Gasteiger partial charge < -0.3 is 16.0 Å². The van der Waals surface area contributed by atoms with E-state index in [-0.39, 0.29) is 29.2 Å². The lowest BCUT2D eigenvalue weighted by Gasteiger charge is -2.47. The fourth-order valence-electron chi connectivity index (χ4n) is 3.61. The molecule has 1 aromatic carbocycles. The molecule has 1 aromatic heterocycles. The highest BCUT2D eigenvalue weighted by Gasteiger charge is 2.51. The van der Waals surface area contributed by atoms with E-state index in [9.17, 15) is 27.2 Å². The van der Waals surface area contributed by atoms with E-state index in [4.69, 9.17) is 17.3 Å². The summed E-state index contributed by atoms with van der Waals surface area (Å²) in [6, 6.07) is 2.69. The minimum atomic E-state index is -4.77. The molecule has 2 aromatic rings. The number of nitrogens with one attached hydrogen (secondary N) is 1. The molecular weight excluding hydrogens is 430 g/mol. The summed E-state index contributed by atoms with van der Waals surface area (Å²) < 4.78 is 52.4. The maximum atomic E-state index is 13.7. The zero-order valence-corrected chi connectivity index (χ0v) is 16.3. The zero-order valence-electron chi connectivity index (χ0n) is 15.5. The van der Waals surface area contributed by atoms with Crippen molar-refractivity contribution >= 4 is 23.5 Å². The molecule has 0 spiro atoms. The second-order valence-corrected chi connectivity index (χ2v) is 7.24. The Balaban J connectivity index is 2.22. The van der Waals surface area contributed by atoms with Crippen LogP contribution in [0.2, 0.25) is 5.02 Å². The number of urea groups is 1. The number of benzene rings is 1. The van der Waals surface area contributed by atoms with Gasteiger partial charge in [0.25, 0.3) is 0 Å². The van der Waals surface area contributed by atoms with Gasteiger partial charge in [-0.1, -0.05) is 17.7 Å². The molecule has 30 heavy (non-hydrogen) atoms. The summed E-state index contributed by atoms with van der Waals surface area (Å²) in [5, 5.41) is 2.36. The van der Waals surface area contributed by atoms with Crippen molar-refractivity contribution in [1.82, 2.24) is 20.2 Å². The lowest BCUT2D eigenvalue weighted by Crippen LogP contribution is -2.68. The number of hydrogen-bond acceptors (Lipinski definition) is 4. The summed E-state index contributed by atoms with van der Waals surface area (Å²) in [7, 11) is 0. The number of nitrogens with two attached hydrogens (primary N) is 1. The number of primary amides is 1. The number of carbonyl (C=O) groups excluding carboxylic acids is 2. The number of halogens is 5. The fraction of sp³-hybridized carbons (Fsp3) is 0.333. The Kier molecular flexibility index (Phi) is 5.59. The van der Waals surface area contributed by atoms with E-state index < -0.39 is 41.2 Å². The number of nitrogens with zero attached hydrogens (tertiary/aromatic N) is 3. The summed E-state index contributed by atoms with van der Waals surface area (Å²) >= 11 is 5.89. The van der Waals surface area contributed by atoms with Crippen LogP contribution in [0.3, 0.4) is 0 Å². The van der Waals surface area contributed by atoms with Gasteiger partial charge in [0.2, 0.25) is 11.7 Å². The monoisotopic (exact) mass is 445 g/mol. The molecule has 3 N–H and O–H groups in total. The highest BCUT2D eigenvalue weighted by molar-refractivity contribution is 6.30. The van der Waals surface area contributed by atoms with E-state index in [0.717, 1.165) is 23.4 Å². The number of aromatic nitrogens is 2. The maximum Gasteiger partial charge on any atom is 0.451 e. The van der Waals surface area contributed by atoms with Gasteiger partial charge in [-0.3, -0.25) is 4.79 Å². The number of amides is 3. The molecule has 0 bridgehead atoms. The minimum Gasteiger partial charge on any atom is -0.352 e. The smallest absolute Gasteiger partial charge is 0.352 e. The van der Waals surface area contributed by atoms with Crippen molar-refractivity contribution in [3.63, 3.8) is 0 Å². The Labute approximate surface area is 173 Å². The Bertz CT molecular complexity index is 986. The summed E-state index contributed by atoms with van der Waals surface area (Å²) in [5.41, 5.74) is 4.14. The Morgan fingerprint density at radius 2 is 1.93 bits per heavy atom. The van der Waals surface area contributed by atoms with Crippen LogP contribution in [0.5, 0.6) is 0 Å². The molecule has 0 saturated carbocycles. The van der Waals surface area contributed by atoms with Crippen LogP contribution in [0.1, 0.15) is 29.8 Å². The van der Waals surface area contributed by atoms with Crippen LogP contribution in [0, 0.1) is 5.82 Å². The first-order valence-electron chi connectivity index (χ1n) is 8.65. The average Bonchev–Trinajstić information content (AvgIpc) is 2.66. The molecule has 2 atom stereocenters. The first-order valence-corrected chi connectivity index (χ1v) is 9.03. The van der Waals surface area contributed by atoms with Crippen LogP contribution in [0.15, 0.2) is 30.6 Å². The third-order valence-electron chi connectivity index (χ3n) is 5.01. The normalized spacial score (nSPS) is 20.6. The predicted octanol–water partition coefficient (Wildman–Crippen LogP) is 2.69. The second kappa shape index (κ2) is 7.71. The Morgan fingerprint density at radius 1 is 1.30 bits per heavy atom. The van der Waals surface area contributed by atoms with E-state index in [1.165, 1.54) is 19.1 Å². The molecule has 1 aliphatic rings. The SMILES string of the molecule is CC1([C@@H](c2cnc(C(F)(F)F)nc2)c2ccc(F)c(Cl)c2)C(=O)NCCN1C(N)=O. The van der Waals surface area contributed by atoms with Crippen LogP contribution >= 0.6 is 11.6 Å². The quantitative estimate of drug-likeness (QED) is 0.709. The van der Waals surface area contributed by atoms with Crippen LogP contribution < -0.4 is 11.1 Å². The van der Waals surface area contributed by atoms with Gasteiger partial charge in [0.15, 0.2) is 0 Å². The van der Waals surface area contributed by atoms with Crippen molar-refractivity contribution in [2.45, 2.75) is 24.6 Å². The molecule has 0 aliphatic carbocycles. The topological polar surface area (TPSA) is 101 Å². The van der Waals surface area contributed by atoms with Gasteiger partial charge in [-0.05, 0) is 30.2 Å². The van der Waals surface area contributed by atoms with Gasteiger partial charge >= 0.3 is 12.2 Å². The molecule has 1 unspecified atom stereocenters. The van der Waals surface area contributed by atoms with Crippen molar-refractivity contribution in [2.24, 2.45) is 5.73 Å². The van der Waals surface area contributed by atoms with Crippen molar-refractivity contribution in [1.29, 1.82) is 0 Å². The standard InChI is InChI=1S/C18H16ClF4N5O2/c1-17(15(29)25-4-5-28(17)16(24)30)13(9-2-3-12(20)11(19)6-9)10-7-26-14(27-8-10)18(21,22)23/h2-3,6-8,13H,4-5H2,1H3,(H2,24,30)(H,25,29)/t13-,17?/m1/s1. The van der Waals surface area contributed by atoms with Gasteiger partial charge in [0.05, 0.1) is 5.02 Å². The average molecular weight is 446 g/mol. The third kappa shape index (κ3) is 3.76.